The van der Waals surface area contributed by atoms with Gasteiger partial charge in [-0.1, -0.05) is 37.4 Å². The monoisotopic (exact) mass is 349 g/mol. The average Bonchev–Trinajstić information content (AvgIpc) is 2.46. The molecule has 0 aliphatic heterocycles. The molecule has 1 aliphatic rings. The highest BCUT2D eigenvalue weighted by Crippen LogP contribution is 2.31. The van der Waals surface area contributed by atoms with Gasteiger partial charge in [0.1, 0.15) is 0 Å². The molecule has 0 bridgehead atoms. The molecule has 6 heteroatoms. The molecule has 0 aromatic heterocycles. The van der Waals surface area contributed by atoms with Gasteiger partial charge >= 0.3 is 0 Å². The quantitative estimate of drug-likeness (QED) is 0.760. The molecule has 2 unspecified atom stereocenters. The Labute approximate surface area is 137 Å². The highest BCUT2D eigenvalue weighted by molar-refractivity contribution is 7.89. The molecule has 0 N–H and O–H groups in total. The van der Waals surface area contributed by atoms with Crippen LogP contribution in [-0.4, -0.2) is 25.8 Å². The fraction of sp³-hybridized carbons (Fsp3) is 0.600. The molecular weight excluding hydrogens is 329 g/mol. The number of hydrogen-bond donors (Lipinski definition) is 0. The van der Waals surface area contributed by atoms with Crippen molar-refractivity contribution < 1.29 is 8.42 Å². The molecule has 1 saturated carbocycles. The Balaban J connectivity index is 2.26. The third kappa shape index (κ3) is 3.73. The first-order valence-corrected chi connectivity index (χ1v) is 9.54. The van der Waals surface area contributed by atoms with Gasteiger partial charge in [0.15, 0.2) is 0 Å². The van der Waals surface area contributed by atoms with Crippen molar-refractivity contribution in [1.82, 2.24) is 4.31 Å². The zero-order chi connectivity index (χ0) is 15.6. The van der Waals surface area contributed by atoms with Gasteiger partial charge in [0, 0.05) is 24.0 Å². The number of benzene rings is 1. The van der Waals surface area contributed by atoms with Crippen LogP contribution in [0.15, 0.2) is 23.1 Å². The smallest absolute Gasteiger partial charge is 0.207 e. The molecular formula is C15H21Cl2NO2S. The van der Waals surface area contributed by atoms with E-state index in [9.17, 15) is 8.42 Å². The summed E-state index contributed by atoms with van der Waals surface area (Å²) in [7, 11) is -1.84. The third-order valence-corrected chi connectivity index (χ3v) is 6.81. The van der Waals surface area contributed by atoms with Crippen molar-refractivity contribution >= 4 is 33.2 Å². The number of alkyl halides is 1. The van der Waals surface area contributed by atoms with E-state index in [0.717, 1.165) is 24.8 Å². The van der Waals surface area contributed by atoms with Crippen LogP contribution >= 0.6 is 23.2 Å². The van der Waals surface area contributed by atoms with Gasteiger partial charge in [0.05, 0.1) is 4.90 Å². The number of sulfonamides is 1. The Bertz CT molecular complexity index is 604. The molecule has 1 aromatic rings. The normalized spacial score (nSPS) is 23.5. The first kappa shape index (κ1) is 17.1. The maximum Gasteiger partial charge on any atom is 0.243 e. The van der Waals surface area contributed by atoms with Gasteiger partial charge in [-0.25, -0.2) is 8.42 Å². The Morgan fingerprint density at radius 3 is 2.62 bits per heavy atom. The second-order valence-corrected chi connectivity index (χ2v) is 8.51. The van der Waals surface area contributed by atoms with Crippen LogP contribution in [0.1, 0.15) is 38.2 Å². The van der Waals surface area contributed by atoms with Crippen LogP contribution in [0.3, 0.4) is 0 Å². The van der Waals surface area contributed by atoms with Crippen molar-refractivity contribution in [2.45, 2.75) is 49.4 Å². The fourth-order valence-electron chi connectivity index (χ4n) is 2.89. The summed E-state index contributed by atoms with van der Waals surface area (Å²) in [6.45, 7) is 2.18. The minimum Gasteiger partial charge on any atom is -0.207 e. The maximum atomic E-state index is 12.7. The lowest BCUT2D eigenvalue weighted by Crippen LogP contribution is -2.39. The van der Waals surface area contributed by atoms with E-state index in [2.05, 4.69) is 6.92 Å². The molecule has 21 heavy (non-hydrogen) atoms. The Kier molecular flexibility index (Phi) is 5.58. The van der Waals surface area contributed by atoms with E-state index < -0.39 is 10.0 Å². The van der Waals surface area contributed by atoms with Gasteiger partial charge in [0.2, 0.25) is 10.0 Å². The lowest BCUT2D eigenvalue weighted by molar-refractivity contribution is 0.239. The SMILES string of the molecule is CC1CCCC(N(C)S(=O)(=O)c2ccc(CCl)c(Cl)c2)C1. The van der Waals surface area contributed by atoms with E-state index in [4.69, 9.17) is 23.2 Å². The maximum absolute atomic E-state index is 12.7. The Morgan fingerprint density at radius 2 is 2.05 bits per heavy atom. The molecule has 0 spiro atoms. The van der Waals surface area contributed by atoms with Gasteiger partial charge in [-0.05, 0) is 36.5 Å². The van der Waals surface area contributed by atoms with Crippen LogP contribution in [0, 0.1) is 5.92 Å². The highest BCUT2D eigenvalue weighted by atomic mass is 35.5. The van der Waals surface area contributed by atoms with Gasteiger partial charge in [-0.2, -0.15) is 4.31 Å². The van der Waals surface area contributed by atoms with Gasteiger partial charge in [-0.15, -0.1) is 11.6 Å². The van der Waals surface area contributed by atoms with Crippen LogP contribution in [0.25, 0.3) is 0 Å². The van der Waals surface area contributed by atoms with Crippen LogP contribution in [-0.2, 0) is 15.9 Å². The fourth-order valence-corrected chi connectivity index (χ4v) is 4.93. The van der Waals surface area contributed by atoms with Crippen LogP contribution in [0.5, 0.6) is 0 Å². The second-order valence-electron chi connectivity index (χ2n) is 5.83. The minimum absolute atomic E-state index is 0.0743. The lowest BCUT2D eigenvalue weighted by atomic mass is 9.87. The van der Waals surface area contributed by atoms with Crippen molar-refractivity contribution in [3.8, 4) is 0 Å². The molecule has 118 valence electrons. The zero-order valence-corrected chi connectivity index (χ0v) is 14.7. The summed E-state index contributed by atoms with van der Waals surface area (Å²) in [5.74, 6) is 0.846. The Hall–Kier alpha value is -0.290. The van der Waals surface area contributed by atoms with Gasteiger partial charge in [0.25, 0.3) is 0 Å². The van der Waals surface area contributed by atoms with Crippen LogP contribution < -0.4 is 0 Å². The molecule has 1 aromatic carbocycles. The summed E-state index contributed by atoms with van der Waals surface area (Å²) >= 11 is 11.8. The van der Waals surface area contributed by atoms with Crippen molar-refractivity contribution in [3.63, 3.8) is 0 Å². The standard InChI is InChI=1S/C15H21Cl2NO2S/c1-11-4-3-5-13(8-11)18(2)21(19,20)14-7-6-12(10-16)15(17)9-14/h6-7,9,11,13H,3-5,8,10H2,1-2H3. The average molecular weight is 350 g/mol. The molecule has 2 atom stereocenters. The summed E-state index contributed by atoms with van der Waals surface area (Å²) in [4.78, 5) is 0.238. The van der Waals surface area contributed by atoms with E-state index in [1.165, 1.54) is 16.8 Å². The Morgan fingerprint density at radius 1 is 1.33 bits per heavy atom. The zero-order valence-electron chi connectivity index (χ0n) is 12.4. The van der Waals surface area contributed by atoms with Gasteiger partial charge in [-0.3, -0.25) is 0 Å². The highest BCUT2D eigenvalue weighted by Gasteiger charge is 2.31. The molecule has 1 aliphatic carbocycles. The van der Waals surface area contributed by atoms with E-state index in [0.29, 0.717) is 10.9 Å². The largest absolute Gasteiger partial charge is 0.243 e. The predicted molar refractivity (Wildman–Crippen MR) is 87.4 cm³/mol. The minimum atomic E-state index is -3.50. The van der Waals surface area contributed by atoms with Crippen LogP contribution in [0.4, 0.5) is 0 Å². The number of nitrogens with zero attached hydrogens (tertiary/aromatic N) is 1. The molecule has 3 nitrogen and oxygen atoms in total. The summed E-state index contributed by atoms with van der Waals surface area (Å²) < 4.78 is 27.0. The molecule has 0 radical (unpaired) electrons. The summed E-state index contributed by atoms with van der Waals surface area (Å²) in [6.07, 6.45) is 4.11. The molecule has 1 fully saturated rings. The van der Waals surface area contributed by atoms with Crippen LogP contribution in [0.2, 0.25) is 5.02 Å². The predicted octanol–water partition coefficient (Wildman–Crippen LogP) is 4.28. The van der Waals surface area contributed by atoms with Crippen molar-refractivity contribution in [2.24, 2.45) is 5.92 Å². The van der Waals surface area contributed by atoms with Gasteiger partial charge < -0.3 is 0 Å². The second kappa shape index (κ2) is 6.86. The number of hydrogen-bond acceptors (Lipinski definition) is 2. The summed E-state index contributed by atoms with van der Waals surface area (Å²) in [5, 5.41) is 0.400. The summed E-state index contributed by atoms with van der Waals surface area (Å²) in [6, 6.07) is 4.84. The first-order valence-electron chi connectivity index (χ1n) is 7.18. The van der Waals surface area contributed by atoms with Crippen molar-refractivity contribution in [2.75, 3.05) is 7.05 Å². The van der Waals surface area contributed by atoms with Crippen molar-refractivity contribution in [1.29, 1.82) is 0 Å². The molecule has 0 amide bonds. The summed E-state index contributed by atoms with van der Waals surface area (Å²) in [5.41, 5.74) is 0.742. The van der Waals surface area contributed by atoms with Crippen molar-refractivity contribution in [3.05, 3.63) is 28.8 Å². The van der Waals surface area contributed by atoms with E-state index >= 15 is 0 Å². The first-order chi connectivity index (χ1) is 9.86. The van der Waals surface area contributed by atoms with E-state index in [1.54, 1.807) is 19.2 Å². The van der Waals surface area contributed by atoms with E-state index in [-0.39, 0.29) is 16.8 Å². The lowest BCUT2D eigenvalue weighted by Gasteiger charge is -2.33. The molecule has 0 saturated heterocycles. The molecule has 0 heterocycles. The molecule has 2 rings (SSSR count). The topological polar surface area (TPSA) is 37.4 Å². The number of halogens is 2. The third-order valence-electron chi connectivity index (χ3n) is 4.27. The van der Waals surface area contributed by atoms with E-state index in [1.807, 2.05) is 0 Å². The number of rotatable bonds is 4.